The lowest BCUT2D eigenvalue weighted by Gasteiger charge is -2.22. The maximum Gasteiger partial charge on any atom is 0.0494 e. The largest absolute Gasteiger partial charge is 0.337 e. The molecule has 1 saturated carbocycles. The van der Waals surface area contributed by atoms with E-state index in [1.807, 2.05) is 0 Å². The molecule has 2 aromatic carbocycles. The zero-order valence-electron chi connectivity index (χ0n) is 11.4. The zero-order chi connectivity index (χ0) is 13.1. The predicted molar refractivity (Wildman–Crippen MR) is 83.8 cm³/mol. The van der Waals surface area contributed by atoms with Crippen LogP contribution in [-0.4, -0.2) is 4.57 Å². The Morgan fingerprint density at radius 2 is 1.40 bits per heavy atom. The van der Waals surface area contributed by atoms with Crippen molar-refractivity contribution in [3.05, 3.63) is 60.7 Å². The average molecular weight is 259 g/mol. The van der Waals surface area contributed by atoms with Crippen LogP contribution in [0.15, 0.2) is 60.7 Å². The van der Waals surface area contributed by atoms with Crippen molar-refractivity contribution in [2.75, 3.05) is 0 Å². The number of para-hydroxylation sites is 2. The van der Waals surface area contributed by atoms with Gasteiger partial charge in [-0.2, -0.15) is 0 Å². The highest BCUT2D eigenvalue weighted by molar-refractivity contribution is 6.08. The first-order valence-corrected chi connectivity index (χ1v) is 7.58. The van der Waals surface area contributed by atoms with Crippen molar-refractivity contribution in [1.82, 2.24) is 4.57 Å². The second kappa shape index (κ2) is 3.76. The van der Waals surface area contributed by atoms with Gasteiger partial charge in [0.25, 0.3) is 0 Å². The third-order valence-corrected chi connectivity index (χ3v) is 5.19. The molecule has 3 aromatic rings. The molecular formula is C19H17N. The summed E-state index contributed by atoms with van der Waals surface area (Å²) in [6.45, 7) is 0. The van der Waals surface area contributed by atoms with Crippen molar-refractivity contribution in [1.29, 1.82) is 0 Å². The topological polar surface area (TPSA) is 4.93 Å². The molecule has 98 valence electrons. The van der Waals surface area contributed by atoms with Crippen LogP contribution in [0.4, 0.5) is 0 Å². The molecule has 0 aliphatic heterocycles. The van der Waals surface area contributed by atoms with Gasteiger partial charge in [-0.15, -0.1) is 0 Å². The number of hydrogen-bond acceptors (Lipinski definition) is 0. The van der Waals surface area contributed by atoms with Crippen LogP contribution >= 0.6 is 0 Å². The smallest absolute Gasteiger partial charge is 0.0494 e. The van der Waals surface area contributed by atoms with Gasteiger partial charge in [0.2, 0.25) is 0 Å². The lowest BCUT2D eigenvalue weighted by atomic mass is 10.0. The van der Waals surface area contributed by atoms with E-state index in [9.17, 15) is 0 Å². The molecule has 1 nitrogen and oxygen atoms in total. The standard InChI is InChI=1S/C19H17N/c1-3-7-17-15(5-1)16-6-2-4-8-18(16)20(17)19-12-13-9-10-14(19)11-13/h1-10,13-14,19H,11-12H2/t13-,14+,19-/m1/s1. The van der Waals surface area contributed by atoms with Crippen LogP contribution in [-0.2, 0) is 0 Å². The molecule has 2 aliphatic rings. The average Bonchev–Trinajstić information content (AvgIpc) is 3.19. The molecule has 0 radical (unpaired) electrons. The molecule has 3 atom stereocenters. The van der Waals surface area contributed by atoms with Crippen LogP contribution in [0.25, 0.3) is 21.8 Å². The van der Waals surface area contributed by atoms with Gasteiger partial charge in [0.1, 0.15) is 0 Å². The van der Waals surface area contributed by atoms with E-state index in [0.29, 0.717) is 6.04 Å². The Balaban J connectivity index is 1.87. The lowest BCUT2D eigenvalue weighted by molar-refractivity contribution is 0.455. The first-order valence-electron chi connectivity index (χ1n) is 7.58. The van der Waals surface area contributed by atoms with E-state index in [1.54, 1.807) is 0 Å². The van der Waals surface area contributed by atoms with E-state index in [4.69, 9.17) is 0 Å². The number of aromatic nitrogens is 1. The fourth-order valence-corrected chi connectivity index (χ4v) is 4.36. The first-order chi connectivity index (χ1) is 9.92. The Bertz CT molecular complexity index is 786. The Hall–Kier alpha value is -2.02. The number of nitrogens with zero attached hydrogens (tertiary/aromatic N) is 1. The van der Waals surface area contributed by atoms with E-state index in [2.05, 4.69) is 65.3 Å². The molecular weight excluding hydrogens is 242 g/mol. The van der Waals surface area contributed by atoms with Gasteiger partial charge < -0.3 is 4.57 Å². The summed E-state index contributed by atoms with van der Waals surface area (Å²) >= 11 is 0. The fourth-order valence-electron chi connectivity index (χ4n) is 4.36. The van der Waals surface area contributed by atoms with E-state index in [1.165, 1.54) is 34.6 Å². The fraction of sp³-hybridized carbons (Fsp3) is 0.263. The molecule has 1 fully saturated rings. The van der Waals surface area contributed by atoms with Crippen LogP contribution < -0.4 is 0 Å². The monoisotopic (exact) mass is 259 g/mol. The van der Waals surface area contributed by atoms with Crippen molar-refractivity contribution in [2.24, 2.45) is 11.8 Å². The summed E-state index contributed by atoms with van der Waals surface area (Å²) in [4.78, 5) is 0. The lowest BCUT2D eigenvalue weighted by Crippen LogP contribution is -2.13. The molecule has 0 unspecified atom stereocenters. The van der Waals surface area contributed by atoms with Gasteiger partial charge in [0.05, 0.1) is 0 Å². The van der Waals surface area contributed by atoms with Gasteiger partial charge in [-0.25, -0.2) is 0 Å². The van der Waals surface area contributed by atoms with Crippen LogP contribution in [0.1, 0.15) is 18.9 Å². The molecule has 0 spiro atoms. The van der Waals surface area contributed by atoms with Crippen molar-refractivity contribution >= 4 is 21.8 Å². The minimum absolute atomic E-state index is 0.648. The summed E-state index contributed by atoms with van der Waals surface area (Å²) < 4.78 is 2.61. The van der Waals surface area contributed by atoms with Crippen molar-refractivity contribution in [3.8, 4) is 0 Å². The highest BCUT2D eigenvalue weighted by Gasteiger charge is 2.37. The summed E-state index contributed by atoms with van der Waals surface area (Å²) in [5, 5.41) is 2.80. The Labute approximate surface area is 118 Å². The quantitative estimate of drug-likeness (QED) is 0.546. The van der Waals surface area contributed by atoms with E-state index >= 15 is 0 Å². The van der Waals surface area contributed by atoms with Gasteiger partial charge in [-0.3, -0.25) is 0 Å². The summed E-state index contributed by atoms with van der Waals surface area (Å²) in [7, 11) is 0. The third-order valence-electron chi connectivity index (χ3n) is 5.19. The predicted octanol–water partition coefficient (Wildman–Crippen LogP) is 4.93. The number of allylic oxidation sites excluding steroid dienone is 2. The molecule has 5 rings (SSSR count). The van der Waals surface area contributed by atoms with Crippen molar-refractivity contribution < 1.29 is 0 Å². The maximum absolute atomic E-state index is 2.61. The molecule has 1 heteroatoms. The Morgan fingerprint density at radius 3 is 1.95 bits per heavy atom. The van der Waals surface area contributed by atoms with Crippen LogP contribution in [0.3, 0.4) is 0 Å². The molecule has 1 heterocycles. The van der Waals surface area contributed by atoms with Gasteiger partial charge in [-0.05, 0) is 36.8 Å². The minimum Gasteiger partial charge on any atom is -0.337 e. The van der Waals surface area contributed by atoms with Gasteiger partial charge >= 0.3 is 0 Å². The second-order valence-corrected chi connectivity index (χ2v) is 6.25. The molecule has 1 aromatic heterocycles. The normalized spacial score (nSPS) is 27.9. The second-order valence-electron chi connectivity index (χ2n) is 6.25. The SMILES string of the molecule is C1=C[C@H]2C[C@@H]1C[C@H]2n1c2ccccc2c2ccccc21. The summed E-state index contributed by atoms with van der Waals surface area (Å²) in [6.07, 6.45) is 7.53. The van der Waals surface area contributed by atoms with Crippen molar-refractivity contribution in [3.63, 3.8) is 0 Å². The maximum atomic E-state index is 2.61. The highest BCUT2D eigenvalue weighted by Crippen LogP contribution is 2.48. The summed E-state index contributed by atoms with van der Waals surface area (Å²) in [5.41, 5.74) is 2.80. The van der Waals surface area contributed by atoms with Crippen LogP contribution in [0.2, 0.25) is 0 Å². The van der Waals surface area contributed by atoms with E-state index in [0.717, 1.165) is 11.8 Å². The molecule has 0 amide bonds. The molecule has 20 heavy (non-hydrogen) atoms. The minimum atomic E-state index is 0.648. The summed E-state index contributed by atoms with van der Waals surface area (Å²) in [6, 6.07) is 18.4. The number of benzene rings is 2. The van der Waals surface area contributed by atoms with Gasteiger partial charge in [0.15, 0.2) is 0 Å². The van der Waals surface area contributed by atoms with Gasteiger partial charge in [0, 0.05) is 27.8 Å². The van der Waals surface area contributed by atoms with Crippen LogP contribution in [0, 0.1) is 11.8 Å². The molecule has 0 saturated heterocycles. The third kappa shape index (κ3) is 1.28. The van der Waals surface area contributed by atoms with E-state index < -0.39 is 0 Å². The molecule has 0 N–H and O–H groups in total. The number of rotatable bonds is 1. The summed E-state index contributed by atoms with van der Waals surface area (Å²) in [5.74, 6) is 1.55. The molecule has 2 aliphatic carbocycles. The Morgan fingerprint density at radius 1 is 0.750 bits per heavy atom. The van der Waals surface area contributed by atoms with Crippen molar-refractivity contribution in [2.45, 2.75) is 18.9 Å². The Kier molecular flexibility index (Phi) is 2.01. The van der Waals surface area contributed by atoms with Crippen LogP contribution in [0.5, 0.6) is 0 Å². The molecule has 2 bridgehead atoms. The van der Waals surface area contributed by atoms with E-state index in [-0.39, 0.29) is 0 Å². The number of hydrogen-bond donors (Lipinski definition) is 0. The first kappa shape index (κ1) is 10.7. The van der Waals surface area contributed by atoms with Gasteiger partial charge in [-0.1, -0.05) is 48.6 Å². The zero-order valence-corrected chi connectivity index (χ0v) is 11.4. The number of fused-ring (bicyclic) bond motifs is 5. The highest BCUT2D eigenvalue weighted by atomic mass is 15.0.